The minimum Gasteiger partial charge on any atom is -0.315 e. The Hall–Kier alpha value is -2.10. The molecule has 1 N–H and O–H groups in total. The topological polar surface area (TPSA) is 79.7 Å². The molecule has 3 aromatic heterocycles. The molecule has 0 unspecified atom stereocenters. The summed E-state index contributed by atoms with van der Waals surface area (Å²) in [5.41, 5.74) is 2.94. The Bertz CT molecular complexity index is 1090. The largest absolute Gasteiger partial charge is 0.315 e. The van der Waals surface area contributed by atoms with Gasteiger partial charge in [-0.1, -0.05) is 61.6 Å². The molecule has 186 valence electrons. The van der Waals surface area contributed by atoms with E-state index in [4.69, 9.17) is 4.98 Å². The summed E-state index contributed by atoms with van der Waals surface area (Å²) >= 11 is 3.42. The van der Waals surface area contributed by atoms with Crippen LogP contribution in [0.3, 0.4) is 0 Å². The lowest BCUT2D eigenvalue weighted by molar-refractivity contribution is 0.182. The standard InChI is InChI=1S/C26H35N7S2/c1-18-13-22(31-26(30-18)34-21-11-7-4-8-12-21)23-15-29-25(35-23)32-24-16-27-19(14-28-24)17-33(2)20-9-5-3-6-10-20/h13-16,20-21H,3-12,17H2,1-2H3,(H,28,29,32). The average Bonchev–Trinajstić information content (AvgIpc) is 3.35. The third kappa shape index (κ3) is 6.77. The van der Waals surface area contributed by atoms with Crippen LogP contribution >= 0.6 is 23.1 Å². The molecule has 9 heteroatoms. The molecule has 0 aromatic carbocycles. The van der Waals surface area contributed by atoms with Crippen molar-refractivity contribution in [2.24, 2.45) is 0 Å². The zero-order chi connectivity index (χ0) is 24.0. The summed E-state index contributed by atoms with van der Waals surface area (Å²) in [5, 5.41) is 5.62. The number of aryl methyl sites for hydroxylation is 1. The second kappa shape index (κ2) is 11.8. The predicted octanol–water partition coefficient (Wildman–Crippen LogP) is 6.63. The van der Waals surface area contributed by atoms with Gasteiger partial charge in [-0.15, -0.1) is 0 Å². The van der Waals surface area contributed by atoms with Gasteiger partial charge >= 0.3 is 0 Å². The summed E-state index contributed by atoms with van der Waals surface area (Å²) in [6, 6.07) is 2.71. The lowest BCUT2D eigenvalue weighted by Gasteiger charge is -2.30. The molecule has 2 fully saturated rings. The first kappa shape index (κ1) is 24.6. The van der Waals surface area contributed by atoms with Crippen LogP contribution in [0.5, 0.6) is 0 Å². The SMILES string of the molecule is Cc1cc(-c2cnc(Nc3cnc(CN(C)C4CCCCC4)cn3)s2)nc(SC2CCCCC2)n1. The second-order valence-corrected chi connectivity index (χ2v) is 12.1. The Morgan fingerprint density at radius 1 is 0.943 bits per heavy atom. The number of thioether (sulfide) groups is 1. The van der Waals surface area contributed by atoms with Gasteiger partial charge in [-0.05, 0) is 45.7 Å². The highest BCUT2D eigenvalue weighted by atomic mass is 32.2. The van der Waals surface area contributed by atoms with E-state index < -0.39 is 0 Å². The van der Waals surface area contributed by atoms with Gasteiger partial charge in [0, 0.05) is 29.7 Å². The third-order valence-electron chi connectivity index (χ3n) is 6.97. The molecule has 0 spiro atoms. The van der Waals surface area contributed by atoms with E-state index in [1.54, 1.807) is 17.5 Å². The van der Waals surface area contributed by atoms with Crippen LogP contribution in [-0.4, -0.2) is 48.2 Å². The van der Waals surface area contributed by atoms with Crippen molar-refractivity contribution in [1.82, 2.24) is 29.8 Å². The zero-order valence-electron chi connectivity index (χ0n) is 20.7. The number of nitrogens with zero attached hydrogens (tertiary/aromatic N) is 6. The maximum Gasteiger partial charge on any atom is 0.188 e. The highest BCUT2D eigenvalue weighted by Gasteiger charge is 2.19. The summed E-state index contributed by atoms with van der Waals surface area (Å²) in [4.78, 5) is 26.8. The van der Waals surface area contributed by atoms with Crippen molar-refractivity contribution in [3.8, 4) is 10.6 Å². The van der Waals surface area contributed by atoms with Crippen LogP contribution in [0.2, 0.25) is 0 Å². The minimum absolute atomic E-state index is 0.640. The van der Waals surface area contributed by atoms with Gasteiger partial charge in [0.2, 0.25) is 0 Å². The van der Waals surface area contributed by atoms with Gasteiger partial charge in [0.1, 0.15) is 0 Å². The van der Waals surface area contributed by atoms with Crippen molar-refractivity contribution in [2.75, 3.05) is 12.4 Å². The van der Waals surface area contributed by atoms with E-state index in [2.05, 4.69) is 37.2 Å². The fourth-order valence-corrected chi connectivity index (χ4v) is 7.02. The lowest BCUT2D eigenvalue weighted by atomic mass is 9.94. The Morgan fingerprint density at radius 3 is 2.46 bits per heavy atom. The minimum atomic E-state index is 0.640. The van der Waals surface area contributed by atoms with E-state index in [1.165, 1.54) is 64.2 Å². The number of hydrogen-bond donors (Lipinski definition) is 1. The lowest BCUT2D eigenvalue weighted by Crippen LogP contribution is -2.33. The van der Waals surface area contributed by atoms with Crippen molar-refractivity contribution in [2.45, 2.75) is 94.1 Å². The van der Waals surface area contributed by atoms with E-state index in [0.29, 0.717) is 17.1 Å². The van der Waals surface area contributed by atoms with Crippen molar-refractivity contribution in [3.05, 3.63) is 36.0 Å². The van der Waals surface area contributed by atoms with Crippen LogP contribution in [0.15, 0.2) is 29.8 Å². The first-order valence-corrected chi connectivity index (χ1v) is 14.6. The molecule has 0 radical (unpaired) electrons. The molecule has 0 aliphatic heterocycles. The number of nitrogens with one attached hydrogen (secondary N) is 1. The Balaban J connectivity index is 1.20. The highest BCUT2D eigenvalue weighted by molar-refractivity contribution is 7.99. The number of hydrogen-bond acceptors (Lipinski definition) is 9. The van der Waals surface area contributed by atoms with E-state index in [1.807, 2.05) is 37.1 Å². The second-order valence-electron chi connectivity index (χ2n) is 9.81. The van der Waals surface area contributed by atoms with Crippen LogP contribution in [-0.2, 0) is 6.54 Å². The third-order valence-corrected chi connectivity index (χ3v) is 9.10. The van der Waals surface area contributed by atoms with Crippen LogP contribution in [0.1, 0.15) is 75.6 Å². The van der Waals surface area contributed by atoms with Crippen molar-refractivity contribution in [1.29, 1.82) is 0 Å². The molecule has 3 aromatic rings. The molecular formula is C26H35N7S2. The monoisotopic (exact) mass is 509 g/mol. The van der Waals surface area contributed by atoms with Crippen LogP contribution < -0.4 is 5.32 Å². The van der Waals surface area contributed by atoms with Crippen molar-refractivity contribution in [3.63, 3.8) is 0 Å². The number of rotatable bonds is 8. The summed E-state index contributed by atoms with van der Waals surface area (Å²) in [6.07, 6.45) is 18.7. The average molecular weight is 510 g/mol. The van der Waals surface area contributed by atoms with Gasteiger partial charge in [0.05, 0.1) is 28.7 Å². The summed E-state index contributed by atoms with van der Waals surface area (Å²) in [6.45, 7) is 2.88. The number of aromatic nitrogens is 5. The first-order valence-electron chi connectivity index (χ1n) is 12.9. The molecule has 35 heavy (non-hydrogen) atoms. The molecule has 7 nitrogen and oxygen atoms in total. The Labute approximate surface area is 216 Å². The fraction of sp³-hybridized carbons (Fsp3) is 0.577. The smallest absolute Gasteiger partial charge is 0.188 e. The summed E-state index contributed by atoms with van der Waals surface area (Å²) < 4.78 is 0. The number of thiazole rings is 1. The molecule has 2 aliphatic rings. The molecular weight excluding hydrogens is 474 g/mol. The van der Waals surface area contributed by atoms with Crippen LogP contribution in [0.4, 0.5) is 10.9 Å². The molecule has 2 saturated carbocycles. The molecule has 2 aliphatic carbocycles. The van der Waals surface area contributed by atoms with Crippen LogP contribution in [0.25, 0.3) is 10.6 Å². The van der Waals surface area contributed by atoms with Crippen molar-refractivity contribution < 1.29 is 0 Å². The molecule has 0 atom stereocenters. The quantitative estimate of drug-likeness (QED) is 0.339. The molecule has 5 rings (SSSR count). The van der Waals surface area contributed by atoms with Gasteiger partial charge in [-0.25, -0.2) is 19.9 Å². The molecule has 3 heterocycles. The Kier molecular flexibility index (Phi) is 8.26. The van der Waals surface area contributed by atoms with Gasteiger partial charge < -0.3 is 5.32 Å². The molecule has 0 amide bonds. The van der Waals surface area contributed by atoms with E-state index in [-0.39, 0.29) is 0 Å². The van der Waals surface area contributed by atoms with Gasteiger partial charge in [0.25, 0.3) is 0 Å². The van der Waals surface area contributed by atoms with Gasteiger partial charge in [-0.2, -0.15) is 0 Å². The fourth-order valence-electron chi connectivity index (χ4n) is 5.02. The zero-order valence-corrected chi connectivity index (χ0v) is 22.4. The van der Waals surface area contributed by atoms with Gasteiger partial charge in [-0.3, -0.25) is 9.88 Å². The maximum atomic E-state index is 4.86. The van der Waals surface area contributed by atoms with Crippen molar-refractivity contribution >= 4 is 34.0 Å². The Morgan fingerprint density at radius 2 is 1.71 bits per heavy atom. The predicted molar refractivity (Wildman–Crippen MR) is 144 cm³/mol. The van der Waals surface area contributed by atoms with E-state index in [9.17, 15) is 0 Å². The van der Waals surface area contributed by atoms with E-state index in [0.717, 1.165) is 38.8 Å². The highest BCUT2D eigenvalue weighted by Crippen LogP contribution is 2.34. The molecule has 0 saturated heterocycles. The number of anilines is 2. The summed E-state index contributed by atoms with van der Waals surface area (Å²) in [7, 11) is 2.20. The summed E-state index contributed by atoms with van der Waals surface area (Å²) in [5.74, 6) is 0.711. The maximum absolute atomic E-state index is 4.86. The first-order chi connectivity index (χ1) is 17.1. The van der Waals surface area contributed by atoms with Gasteiger partial charge in [0.15, 0.2) is 16.1 Å². The van der Waals surface area contributed by atoms with Crippen LogP contribution in [0, 0.1) is 6.92 Å². The normalized spacial score (nSPS) is 17.7. The molecule has 0 bridgehead atoms. The van der Waals surface area contributed by atoms with E-state index >= 15 is 0 Å².